The molecule has 6 aromatic rings. The summed E-state index contributed by atoms with van der Waals surface area (Å²) in [6.07, 6.45) is 2.39. The zero-order valence-electron chi connectivity index (χ0n) is 24.3. The number of H-pyrrole nitrogens is 1. The summed E-state index contributed by atoms with van der Waals surface area (Å²) in [5.41, 5.74) is 3.53. The summed E-state index contributed by atoms with van der Waals surface area (Å²) in [6.45, 7) is 1.91. The van der Waals surface area contributed by atoms with Gasteiger partial charge in [-0.15, -0.1) is 5.10 Å². The number of hydrogen-bond donors (Lipinski definition) is 1. The molecule has 0 radical (unpaired) electrons. The van der Waals surface area contributed by atoms with Gasteiger partial charge >= 0.3 is 11.7 Å². The summed E-state index contributed by atoms with van der Waals surface area (Å²) in [4.78, 5) is 44.8. The largest absolute Gasteiger partial charge is 0.468 e. The smallest absolute Gasteiger partial charge is 0.337 e. The Morgan fingerprint density at radius 2 is 1.64 bits per heavy atom. The summed E-state index contributed by atoms with van der Waals surface area (Å²) in [5, 5.41) is 14.3. The number of tetrazole rings is 1. The number of nitrogens with one attached hydrogen (secondary N) is 1. The van der Waals surface area contributed by atoms with Crippen LogP contribution in [0.25, 0.3) is 39.4 Å². The molecule has 3 aromatic carbocycles. The predicted molar refractivity (Wildman–Crippen MR) is 164 cm³/mol. The normalized spacial score (nSPS) is 11.2. The average Bonchev–Trinajstić information content (AvgIpc) is 3.72. The van der Waals surface area contributed by atoms with Gasteiger partial charge in [-0.2, -0.15) is 0 Å². The molecule has 0 unspecified atom stereocenters. The SMILES string of the molecule is CCCCc1nc2c(c(=O)n(CC(=O)OC)c(=O)n2-c2ccccc2)n1Cc1ccc(-c2ccccc2-c2nnn[nH]2)cc1. The van der Waals surface area contributed by atoms with Crippen molar-refractivity contribution in [1.82, 2.24) is 39.3 Å². The second-order valence-corrected chi connectivity index (χ2v) is 10.3. The molecule has 0 saturated heterocycles. The number of unbranched alkanes of at least 4 members (excludes halogenated alkanes) is 1. The van der Waals surface area contributed by atoms with Crippen molar-refractivity contribution in [3.8, 4) is 28.2 Å². The third kappa shape index (κ3) is 5.33. The van der Waals surface area contributed by atoms with Crippen LogP contribution in [0.3, 0.4) is 0 Å². The molecule has 0 fully saturated rings. The Hall–Kier alpha value is -5.65. The number of carbonyl (C=O) groups is 1. The molecule has 3 aromatic heterocycles. The minimum atomic E-state index is -0.697. The highest BCUT2D eigenvalue weighted by molar-refractivity contribution is 5.80. The number of ether oxygens (including phenoxy) is 1. The van der Waals surface area contributed by atoms with Gasteiger partial charge in [0.1, 0.15) is 12.4 Å². The predicted octanol–water partition coefficient (Wildman–Crippen LogP) is 3.76. The van der Waals surface area contributed by atoms with E-state index in [9.17, 15) is 14.4 Å². The van der Waals surface area contributed by atoms with Crippen LogP contribution in [-0.4, -0.2) is 52.4 Å². The highest BCUT2D eigenvalue weighted by atomic mass is 16.5. The van der Waals surface area contributed by atoms with Crippen LogP contribution in [0.15, 0.2) is 88.5 Å². The molecule has 0 saturated carbocycles. The molecule has 1 N–H and O–H groups in total. The van der Waals surface area contributed by atoms with E-state index in [1.807, 2.05) is 59.2 Å². The minimum Gasteiger partial charge on any atom is -0.468 e. The summed E-state index contributed by atoms with van der Waals surface area (Å²) in [5.74, 6) is 0.561. The van der Waals surface area contributed by atoms with E-state index in [1.54, 1.807) is 24.3 Å². The number of benzene rings is 3. The van der Waals surface area contributed by atoms with E-state index in [4.69, 9.17) is 9.72 Å². The number of carbonyl (C=O) groups excluding carboxylic acids is 1. The van der Waals surface area contributed by atoms with Crippen molar-refractivity contribution in [3.05, 3.63) is 111 Å². The van der Waals surface area contributed by atoms with E-state index < -0.39 is 23.8 Å². The van der Waals surface area contributed by atoms with Crippen molar-refractivity contribution in [3.63, 3.8) is 0 Å². The number of imidazole rings is 1. The molecule has 12 heteroatoms. The number of methoxy groups -OCH3 is 1. The maximum atomic E-state index is 13.9. The second kappa shape index (κ2) is 12.3. The number of esters is 1. The fourth-order valence-electron chi connectivity index (χ4n) is 5.30. The Morgan fingerprint density at radius 1 is 0.909 bits per heavy atom. The molecule has 6 rings (SSSR count). The van der Waals surface area contributed by atoms with E-state index in [0.29, 0.717) is 30.3 Å². The van der Waals surface area contributed by atoms with Crippen molar-refractivity contribution in [2.75, 3.05) is 7.11 Å². The summed E-state index contributed by atoms with van der Waals surface area (Å²) in [6, 6.07) is 24.9. The first-order chi connectivity index (χ1) is 21.5. The highest BCUT2D eigenvalue weighted by Crippen LogP contribution is 2.30. The third-order valence-electron chi connectivity index (χ3n) is 7.53. The molecule has 0 aliphatic rings. The summed E-state index contributed by atoms with van der Waals surface area (Å²) >= 11 is 0. The van der Waals surface area contributed by atoms with Crippen LogP contribution >= 0.6 is 0 Å². The number of para-hydroxylation sites is 1. The van der Waals surface area contributed by atoms with Gasteiger partial charge in [0.2, 0.25) is 0 Å². The van der Waals surface area contributed by atoms with Crippen molar-refractivity contribution in [2.24, 2.45) is 0 Å². The number of hydrogen-bond acceptors (Lipinski definition) is 8. The van der Waals surface area contributed by atoms with Gasteiger partial charge in [0.25, 0.3) is 5.56 Å². The lowest BCUT2D eigenvalue weighted by atomic mass is 9.98. The van der Waals surface area contributed by atoms with Crippen LogP contribution in [0.1, 0.15) is 31.2 Å². The van der Waals surface area contributed by atoms with Crippen molar-refractivity contribution in [2.45, 2.75) is 39.3 Å². The maximum absolute atomic E-state index is 13.9. The zero-order valence-corrected chi connectivity index (χ0v) is 24.3. The minimum absolute atomic E-state index is 0.246. The third-order valence-corrected chi connectivity index (χ3v) is 7.53. The van der Waals surface area contributed by atoms with Crippen molar-refractivity contribution in [1.29, 1.82) is 0 Å². The number of fused-ring (bicyclic) bond motifs is 1. The first-order valence-electron chi connectivity index (χ1n) is 14.3. The van der Waals surface area contributed by atoms with E-state index in [0.717, 1.165) is 39.7 Å². The molecule has 0 atom stereocenters. The van der Waals surface area contributed by atoms with E-state index in [2.05, 4.69) is 27.5 Å². The number of nitrogens with zero attached hydrogens (tertiary/aromatic N) is 7. The molecule has 222 valence electrons. The number of aromatic nitrogens is 8. The molecule has 3 heterocycles. The van der Waals surface area contributed by atoms with Crippen LogP contribution in [-0.2, 0) is 29.0 Å². The first-order valence-corrected chi connectivity index (χ1v) is 14.3. The molecule has 0 amide bonds. The van der Waals surface area contributed by atoms with E-state index >= 15 is 0 Å². The quantitative estimate of drug-likeness (QED) is 0.238. The van der Waals surface area contributed by atoms with E-state index in [1.165, 1.54) is 11.7 Å². The van der Waals surface area contributed by atoms with Crippen molar-refractivity contribution >= 4 is 17.1 Å². The molecule has 0 aliphatic heterocycles. The Balaban J connectivity index is 1.49. The average molecular weight is 591 g/mol. The fourth-order valence-corrected chi connectivity index (χ4v) is 5.30. The summed E-state index contributed by atoms with van der Waals surface area (Å²) in [7, 11) is 1.22. The van der Waals surface area contributed by atoms with Gasteiger partial charge in [0.15, 0.2) is 17.0 Å². The lowest BCUT2D eigenvalue weighted by molar-refractivity contribution is -0.141. The van der Waals surface area contributed by atoms with Gasteiger partial charge < -0.3 is 9.30 Å². The van der Waals surface area contributed by atoms with Crippen LogP contribution in [0.2, 0.25) is 0 Å². The number of rotatable bonds is 10. The lowest BCUT2D eigenvalue weighted by Crippen LogP contribution is -2.42. The fraction of sp³-hybridized carbons (Fsp3) is 0.219. The molecule has 44 heavy (non-hydrogen) atoms. The zero-order chi connectivity index (χ0) is 30.6. The Kier molecular flexibility index (Phi) is 7.96. The molecule has 0 aliphatic carbocycles. The van der Waals surface area contributed by atoms with Gasteiger partial charge in [-0.25, -0.2) is 24.0 Å². The van der Waals surface area contributed by atoms with Crippen LogP contribution < -0.4 is 11.2 Å². The van der Waals surface area contributed by atoms with Gasteiger partial charge in [0.05, 0.1) is 12.8 Å². The van der Waals surface area contributed by atoms with E-state index in [-0.39, 0.29) is 11.2 Å². The first kappa shape index (κ1) is 28.5. The molecule has 0 spiro atoms. The van der Waals surface area contributed by atoms with Crippen LogP contribution in [0.5, 0.6) is 0 Å². The van der Waals surface area contributed by atoms with Gasteiger partial charge in [-0.05, 0) is 45.7 Å². The van der Waals surface area contributed by atoms with Gasteiger partial charge in [0, 0.05) is 18.5 Å². The number of aryl methyl sites for hydroxylation is 1. The van der Waals surface area contributed by atoms with Crippen LogP contribution in [0.4, 0.5) is 0 Å². The topological polar surface area (TPSA) is 143 Å². The molecular formula is C32H30N8O4. The molecule has 0 bridgehead atoms. The van der Waals surface area contributed by atoms with Gasteiger partial charge in [-0.1, -0.05) is 80.1 Å². The molecular weight excluding hydrogens is 560 g/mol. The Labute approximate surface area is 251 Å². The lowest BCUT2D eigenvalue weighted by Gasteiger charge is -2.13. The standard InChI is InChI=1S/C32H30N8O4/c1-3-4-14-26-33-30-28(31(42)39(20-27(41)44-2)32(43)40(30)23-10-6-5-7-11-23)38(26)19-21-15-17-22(18-16-21)24-12-8-9-13-25(24)29-34-36-37-35-29/h5-13,15-18H,3-4,14,19-20H2,1-2H3,(H,34,35,36,37). The Bertz CT molecular complexity index is 2040. The number of aromatic amines is 1. The van der Waals surface area contributed by atoms with Gasteiger partial charge in [-0.3, -0.25) is 9.59 Å². The summed E-state index contributed by atoms with van der Waals surface area (Å²) < 4.78 is 8.98. The monoisotopic (exact) mass is 590 g/mol. The maximum Gasteiger partial charge on any atom is 0.337 e. The van der Waals surface area contributed by atoms with Crippen LogP contribution in [0, 0.1) is 0 Å². The van der Waals surface area contributed by atoms with Crippen molar-refractivity contribution < 1.29 is 9.53 Å². The Morgan fingerprint density at radius 3 is 2.32 bits per heavy atom. The highest BCUT2D eigenvalue weighted by Gasteiger charge is 2.24. The second-order valence-electron chi connectivity index (χ2n) is 10.3. The molecule has 12 nitrogen and oxygen atoms in total.